The lowest BCUT2D eigenvalue weighted by Crippen LogP contribution is -2.41. The normalized spacial score (nSPS) is 18.7. The SMILES string of the molecule is CCc1cnc(C2CCN(CC3CCN(c4ccc(C(=O)NC)nc4)CC3)CC2)[nH]c1=O.CNC(=O)c1ccc(N2CCC(CN3CCC(c4ncc(C)c(=O)[nH]4)CC3)CC2)cn1. The maximum atomic E-state index is 12.1. The molecule has 4 aromatic heterocycles. The Hall–Kier alpha value is -5.48. The molecule has 0 atom stereocenters. The van der Waals surface area contributed by atoms with Gasteiger partial charge in [0, 0.05) is 88.7 Å². The Morgan fingerprint density at radius 3 is 1.38 bits per heavy atom. The molecule has 4 aliphatic heterocycles. The number of carbonyl (C=O) groups excluding carboxylic acids is 2. The van der Waals surface area contributed by atoms with Gasteiger partial charge in [-0.15, -0.1) is 0 Å². The number of H-pyrrole nitrogens is 2. The van der Waals surface area contributed by atoms with Gasteiger partial charge in [-0.2, -0.15) is 0 Å². The highest BCUT2D eigenvalue weighted by atomic mass is 16.2. The molecule has 0 bridgehead atoms. The third-order valence-electron chi connectivity index (χ3n) is 13.6. The molecule has 0 radical (unpaired) electrons. The number of nitrogens with zero attached hydrogens (tertiary/aromatic N) is 8. The van der Waals surface area contributed by atoms with Gasteiger partial charge in [-0.05, 0) is 127 Å². The summed E-state index contributed by atoms with van der Waals surface area (Å²) in [7, 11) is 3.23. The molecular weight excluding hydrogens is 797 g/mol. The van der Waals surface area contributed by atoms with Gasteiger partial charge in [-0.3, -0.25) is 19.2 Å². The third-order valence-corrected chi connectivity index (χ3v) is 13.6. The molecule has 0 spiro atoms. The second-order valence-corrected chi connectivity index (χ2v) is 17.7. The number of nitrogens with one attached hydrogen (secondary N) is 4. The van der Waals surface area contributed by atoms with Gasteiger partial charge >= 0.3 is 0 Å². The first-order valence-corrected chi connectivity index (χ1v) is 23.0. The lowest BCUT2D eigenvalue weighted by Gasteiger charge is -2.38. The Labute approximate surface area is 370 Å². The van der Waals surface area contributed by atoms with Gasteiger partial charge in [0.1, 0.15) is 23.0 Å². The minimum Gasteiger partial charge on any atom is -0.370 e. The van der Waals surface area contributed by atoms with Crippen molar-refractivity contribution in [2.75, 3.05) is 89.3 Å². The van der Waals surface area contributed by atoms with E-state index in [-0.39, 0.29) is 22.9 Å². The fourth-order valence-electron chi connectivity index (χ4n) is 9.50. The number of hydrogen-bond donors (Lipinski definition) is 4. The van der Waals surface area contributed by atoms with Gasteiger partial charge in [0.05, 0.1) is 23.8 Å². The van der Waals surface area contributed by atoms with E-state index < -0.39 is 0 Å². The molecule has 4 N–H and O–H groups in total. The van der Waals surface area contributed by atoms with E-state index in [4.69, 9.17) is 0 Å². The molecule has 0 aliphatic carbocycles. The topological polar surface area (TPSA) is 188 Å². The van der Waals surface area contributed by atoms with Crippen LogP contribution in [0.2, 0.25) is 0 Å². The average Bonchev–Trinajstić information content (AvgIpc) is 3.33. The summed E-state index contributed by atoms with van der Waals surface area (Å²) < 4.78 is 0. The van der Waals surface area contributed by atoms with Crippen molar-refractivity contribution >= 4 is 23.2 Å². The standard InChI is InChI=1S/C24H34N6O2.C23H32N6O2/c1-3-18-14-27-22(28-23(18)31)19-8-10-29(11-9-19)16-17-6-12-30(13-7-17)20-4-5-21(26-15-20)24(32)25-2;1-16-13-26-21(27-22(16)30)18-7-9-28(10-8-18)15-17-5-11-29(12-6-17)19-3-4-20(25-14-19)23(31)24-2/h4-5,14-15,17,19H,3,6-13,16H2,1-2H3,(H,25,32)(H,27,28,31);3-4,13-14,17-18H,5-12,15H2,1-2H3,(H,24,31)(H,26,27,30). The van der Waals surface area contributed by atoms with E-state index in [1.165, 1.54) is 25.7 Å². The lowest BCUT2D eigenvalue weighted by molar-refractivity contribution is 0.0950. The van der Waals surface area contributed by atoms with Crippen LogP contribution < -0.4 is 31.6 Å². The number of hydrogen-bond acceptors (Lipinski definition) is 12. The predicted molar refractivity (Wildman–Crippen MR) is 246 cm³/mol. The summed E-state index contributed by atoms with van der Waals surface area (Å²) >= 11 is 0. The van der Waals surface area contributed by atoms with Gasteiger partial charge in [0.15, 0.2) is 0 Å². The van der Waals surface area contributed by atoms with Gasteiger partial charge in [-0.25, -0.2) is 19.9 Å². The fourth-order valence-corrected chi connectivity index (χ4v) is 9.50. The molecule has 4 aromatic rings. The van der Waals surface area contributed by atoms with Gasteiger partial charge in [-0.1, -0.05) is 6.92 Å². The first-order chi connectivity index (χ1) is 30.6. The summed E-state index contributed by atoms with van der Waals surface area (Å²) in [6.45, 7) is 14.4. The highest BCUT2D eigenvalue weighted by Crippen LogP contribution is 2.30. The number of pyridine rings is 2. The van der Waals surface area contributed by atoms with E-state index in [0.717, 1.165) is 126 Å². The van der Waals surface area contributed by atoms with E-state index in [0.29, 0.717) is 40.6 Å². The van der Waals surface area contributed by atoms with Crippen LogP contribution in [0.4, 0.5) is 11.4 Å². The summed E-state index contributed by atoms with van der Waals surface area (Å²) in [5.41, 5.74) is 4.52. The monoisotopic (exact) mass is 863 g/mol. The van der Waals surface area contributed by atoms with Crippen LogP contribution in [0.3, 0.4) is 0 Å². The van der Waals surface area contributed by atoms with Crippen LogP contribution in [-0.2, 0) is 6.42 Å². The Kier molecular flexibility index (Phi) is 15.7. The molecule has 63 heavy (non-hydrogen) atoms. The number of aromatic nitrogens is 6. The van der Waals surface area contributed by atoms with Crippen molar-refractivity contribution < 1.29 is 9.59 Å². The smallest absolute Gasteiger partial charge is 0.269 e. The van der Waals surface area contributed by atoms with Crippen LogP contribution in [0.15, 0.2) is 58.6 Å². The molecule has 8 rings (SSSR count). The molecule has 0 saturated carbocycles. The summed E-state index contributed by atoms with van der Waals surface area (Å²) in [6, 6.07) is 7.57. The minimum atomic E-state index is -0.154. The molecule has 8 heterocycles. The van der Waals surface area contributed by atoms with Gasteiger partial charge in [0.25, 0.3) is 22.9 Å². The summed E-state index contributed by atoms with van der Waals surface area (Å²) in [6.07, 6.45) is 16.7. The fraction of sp³-hybridized carbons (Fsp3) is 0.574. The average molecular weight is 863 g/mol. The number of piperidine rings is 4. The van der Waals surface area contributed by atoms with Crippen molar-refractivity contribution in [1.82, 2.24) is 50.3 Å². The Morgan fingerprint density at radius 2 is 1.02 bits per heavy atom. The van der Waals surface area contributed by atoms with Crippen LogP contribution >= 0.6 is 0 Å². The van der Waals surface area contributed by atoms with E-state index in [2.05, 4.69) is 60.1 Å². The molecule has 16 nitrogen and oxygen atoms in total. The van der Waals surface area contributed by atoms with Crippen LogP contribution in [0, 0.1) is 18.8 Å². The first-order valence-electron chi connectivity index (χ1n) is 23.0. The van der Waals surface area contributed by atoms with E-state index >= 15 is 0 Å². The van der Waals surface area contributed by atoms with Crippen molar-refractivity contribution in [3.8, 4) is 0 Å². The minimum absolute atomic E-state index is 0.0161. The number of amides is 2. The van der Waals surface area contributed by atoms with Crippen molar-refractivity contribution in [2.24, 2.45) is 11.8 Å². The molecule has 2 amide bonds. The Morgan fingerprint density at radius 1 is 0.587 bits per heavy atom. The second-order valence-electron chi connectivity index (χ2n) is 17.7. The van der Waals surface area contributed by atoms with E-state index in [9.17, 15) is 19.2 Å². The summed E-state index contributed by atoms with van der Waals surface area (Å²) in [5.74, 6) is 3.54. The van der Waals surface area contributed by atoms with Crippen LogP contribution in [0.1, 0.15) is 114 Å². The lowest BCUT2D eigenvalue weighted by atomic mass is 9.92. The van der Waals surface area contributed by atoms with Gasteiger partial charge < -0.3 is 40.2 Å². The maximum absolute atomic E-state index is 12.1. The van der Waals surface area contributed by atoms with E-state index in [1.54, 1.807) is 57.9 Å². The number of carbonyl (C=O) groups is 2. The van der Waals surface area contributed by atoms with Crippen LogP contribution in [0.25, 0.3) is 0 Å². The number of aromatic amines is 2. The van der Waals surface area contributed by atoms with Crippen LogP contribution in [-0.4, -0.2) is 131 Å². The highest BCUT2D eigenvalue weighted by molar-refractivity contribution is 5.92. The van der Waals surface area contributed by atoms with Gasteiger partial charge in [0.2, 0.25) is 0 Å². The zero-order valence-corrected chi connectivity index (χ0v) is 37.6. The zero-order chi connectivity index (χ0) is 44.3. The van der Waals surface area contributed by atoms with Crippen molar-refractivity contribution in [3.05, 3.63) is 104 Å². The summed E-state index contributed by atoms with van der Waals surface area (Å²) in [5, 5.41) is 5.21. The second kappa shape index (κ2) is 21.7. The van der Waals surface area contributed by atoms with Crippen molar-refractivity contribution in [1.29, 1.82) is 0 Å². The first kappa shape index (κ1) is 45.5. The van der Waals surface area contributed by atoms with E-state index in [1.807, 2.05) is 19.1 Å². The van der Waals surface area contributed by atoms with Crippen LogP contribution in [0.5, 0.6) is 0 Å². The molecule has 0 aromatic carbocycles. The van der Waals surface area contributed by atoms with Crippen molar-refractivity contribution in [3.63, 3.8) is 0 Å². The number of aryl methyl sites for hydroxylation is 2. The summed E-state index contributed by atoms with van der Waals surface area (Å²) in [4.78, 5) is 80.7. The number of likely N-dealkylation sites (tertiary alicyclic amines) is 2. The molecule has 4 fully saturated rings. The van der Waals surface area contributed by atoms with Crippen molar-refractivity contribution in [2.45, 2.75) is 83.5 Å². The maximum Gasteiger partial charge on any atom is 0.269 e. The quantitative estimate of drug-likeness (QED) is 0.169. The molecular formula is C47H66N12O4. The predicted octanol–water partition coefficient (Wildman–Crippen LogP) is 4.11. The number of anilines is 2. The molecule has 338 valence electrons. The Bertz CT molecular complexity index is 2210. The molecule has 0 unspecified atom stereocenters. The largest absolute Gasteiger partial charge is 0.370 e. The third kappa shape index (κ3) is 12.0. The highest BCUT2D eigenvalue weighted by Gasteiger charge is 2.28. The number of rotatable bonds is 11. The molecule has 4 saturated heterocycles. The molecule has 16 heteroatoms. The zero-order valence-electron chi connectivity index (χ0n) is 37.6. The molecule has 4 aliphatic rings. The Balaban J connectivity index is 0.000000189.